The molecule has 9 nitrogen and oxygen atoms in total. The standard InChI is InChI=1S/C7H12N2.C7H12.C6H10O2.C6H10O.C4H8O.C2H4O.CH4N2/c1-5-6(2)8-9(4)7(5)3;1-5-7(4)6(2)3;1-4(7)6(3)5(2)8-6;1-4-5(2)6(3)7;1-3-4(2)5;1-2-3;2-1-3/h1-4H3;5H,2H2,1,3-4H3;5H,1-3H3;4H,1-3H3;3H2,1-2H3;2H,1H3;1H,(H3,2,3). The van der Waals surface area contributed by atoms with Crippen LogP contribution in [0.3, 0.4) is 0 Å². The van der Waals surface area contributed by atoms with E-state index in [4.69, 9.17) is 14.9 Å². The van der Waals surface area contributed by atoms with Crippen molar-refractivity contribution in [1.82, 2.24) is 9.78 Å². The van der Waals surface area contributed by atoms with E-state index in [1.54, 1.807) is 20.8 Å². The van der Waals surface area contributed by atoms with Crippen LogP contribution in [0.2, 0.25) is 0 Å². The molecule has 1 saturated heterocycles. The number of allylic oxidation sites excluding steroid dienone is 5. The molecule has 2 unspecified atom stereocenters. The van der Waals surface area contributed by atoms with Crippen molar-refractivity contribution in [1.29, 1.82) is 5.41 Å². The predicted molar refractivity (Wildman–Crippen MR) is 177 cm³/mol. The lowest BCUT2D eigenvalue weighted by Gasteiger charge is -1.94. The molecule has 9 heteroatoms. The van der Waals surface area contributed by atoms with Crippen LogP contribution in [0.15, 0.2) is 35.5 Å². The summed E-state index contributed by atoms with van der Waals surface area (Å²) < 4.78 is 6.92. The number of aldehydes is 1. The summed E-state index contributed by atoms with van der Waals surface area (Å²) in [5.74, 6) is 0.539. The number of aryl methyl sites for hydroxylation is 2. The van der Waals surface area contributed by atoms with Crippen LogP contribution >= 0.6 is 0 Å². The van der Waals surface area contributed by atoms with Gasteiger partial charge in [-0.15, -0.1) is 0 Å². The van der Waals surface area contributed by atoms with E-state index in [1.165, 1.54) is 23.8 Å². The topological polar surface area (TPSA) is 148 Å². The van der Waals surface area contributed by atoms with Gasteiger partial charge in [0.1, 0.15) is 17.7 Å². The lowest BCUT2D eigenvalue weighted by atomic mass is 10.1. The van der Waals surface area contributed by atoms with Crippen molar-refractivity contribution in [2.24, 2.45) is 12.8 Å². The molecule has 1 aromatic heterocycles. The molecule has 1 fully saturated rings. The van der Waals surface area contributed by atoms with Gasteiger partial charge in [0.25, 0.3) is 0 Å². The minimum atomic E-state index is -0.431. The van der Waals surface area contributed by atoms with Gasteiger partial charge in [0.2, 0.25) is 0 Å². The van der Waals surface area contributed by atoms with Gasteiger partial charge < -0.3 is 20.1 Å². The van der Waals surface area contributed by atoms with Crippen LogP contribution in [0.1, 0.15) is 106 Å². The number of nitrogens with two attached hydrogens (primary N) is 1. The van der Waals surface area contributed by atoms with Crippen LogP contribution in [-0.2, 0) is 31.0 Å². The van der Waals surface area contributed by atoms with Crippen molar-refractivity contribution in [2.45, 2.75) is 122 Å². The van der Waals surface area contributed by atoms with Crippen LogP contribution in [-0.4, -0.2) is 51.5 Å². The number of nitrogens with zero attached hydrogens (tertiary/aromatic N) is 2. The summed E-state index contributed by atoms with van der Waals surface area (Å²) in [7, 11) is 1.97. The second-order valence-electron chi connectivity index (χ2n) is 9.58. The van der Waals surface area contributed by atoms with Crippen molar-refractivity contribution in [3.8, 4) is 0 Å². The number of hydrogen-bond donors (Lipinski definition) is 2. The van der Waals surface area contributed by atoms with Crippen molar-refractivity contribution in [3.63, 3.8) is 0 Å². The van der Waals surface area contributed by atoms with Gasteiger partial charge in [-0.3, -0.25) is 19.7 Å². The maximum absolute atomic E-state index is 10.6. The Labute approximate surface area is 256 Å². The van der Waals surface area contributed by atoms with Gasteiger partial charge in [-0.2, -0.15) is 5.10 Å². The van der Waals surface area contributed by atoms with Crippen LogP contribution in [0.25, 0.3) is 0 Å². The Morgan fingerprint density at radius 2 is 1.36 bits per heavy atom. The molecule has 0 bridgehead atoms. The maximum atomic E-state index is 10.6. The molecule has 1 aromatic rings. The highest BCUT2D eigenvalue weighted by molar-refractivity contribution is 5.92. The Kier molecular flexibility index (Phi) is 31.8. The highest BCUT2D eigenvalue weighted by Crippen LogP contribution is 2.35. The largest absolute Gasteiger partial charge is 0.390 e. The number of nitrogens with one attached hydrogen (secondary N) is 1. The van der Waals surface area contributed by atoms with Gasteiger partial charge in [-0.1, -0.05) is 36.8 Å². The highest BCUT2D eigenvalue weighted by Gasteiger charge is 2.52. The predicted octanol–water partition coefficient (Wildman–Crippen LogP) is 6.91. The van der Waals surface area contributed by atoms with Gasteiger partial charge in [0.15, 0.2) is 11.6 Å². The van der Waals surface area contributed by atoms with E-state index in [0.29, 0.717) is 6.42 Å². The van der Waals surface area contributed by atoms with Crippen LogP contribution < -0.4 is 5.73 Å². The smallest absolute Gasteiger partial charge is 0.163 e. The molecule has 0 aromatic carbocycles. The number of carbonyl (C=O) groups excluding carboxylic acids is 4. The summed E-state index contributed by atoms with van der Waals surface area (Å²) in [5.41, 5.74) is 10.9. The van der Waals surface area contributed by atoms with Gasteiger partial charge in [0.05, 0.1) is 18.1 Å². The lowest BCUT2D eigenvalue weighted by Crippen LogP contribution is -2.18. The first kappa shape index (κ1) is 48.3. The summed E-state index contributed by atoms with van der Waals surface area (Å²) in [6.07, 6.45) is 6.17. The molecule has 2 heterocycles. The Morgan fingerprint density at radius 1 is 1.02 bits per heavy atom. The zero-order chi connectivity index (χ0) is 34.8. The van der Waals surface area contributed by atoms with Gasteiger partial charge in [-0.25, -0.2) is 0 Å². The molecule has 0 saturated carbocycles. The van der Waals surface area contributed by atoms with Crippen molar-refractivity contribution in [3.05, 3.63) is 52.4 Å². The summed E-state index contributed by atoms with van der Waals surface area (Å²) in [4.78, 5) is 39.5. The number of aromatic nitrogens is 2. The molecule has 0 amide bonds. The Bertz CT molecular complexity index is 979. The monoisotopic (exact) mass is 592 g/mol. The Hall–Kier alpha value is -3.46. The third-order valence-corrected chi connectivity index (χ3v) is 6.30. The van der Waals surface area contributed by atoms with E-state index in [1.807, 2.05) is 73.2 Å². The number of carbonyl (C=O) groups is 4. The fourth-order valence-corrected chi connectivity index (χ4v) is 2.03. The lowest BCUT2D eigenvalue weighted by molar-refractivity contribution is -0.121. The molecule has 1 aliphatic heterocycles. The Morgan fingerprint density at radius 3 is 1.38 bits per heavy atom. The summed E-state index contributed by atoms with van der Waals surface area (Å²) >= 11 is 0. The minimum absolute atomic E-state index is 0.130. The first-order chi connectivity index (χ1) is 19.2. The molecule has 2 rings (SSSR count). The normalized spacial score (nSPS) is 16.0. The molecular weight excluding hydrogens is 532 g/mol. The van der Waals surface area contributed by atoms with Crippen LogP contribution in [0.4, 0.5) is 0 Å². The molecule has 0 aliphatic carbocycles. The average molecular weight is 593 g/mol. The molecule has 3 N–H and O–H groups in total. The maximum Gasteiger partial charge on any atom is 0.163 e. The van der Waals surface area contributed by atoms with E-state index < -0.39 is 5.60 Å². The molecular formula is C33H60N4O5. The highest BCUT2D eigenvalue weighted by atomic mass is 16.6. The molecule has 1 aliphatic rings. The molecule has 2 atom stereocenters. The second-order valence-corrected chi connectivity index (χ2v) is 9.58. The first-order valence-corrected chi connectivity index (χ1v) is 13.8. The first-order valence-electron chi connectivity index (χ1n) is 13.8. The molecule has 42 heavy (non-hydrogen) atoms. The summed E-state index contributed by atoms with van der Waals surface area (Å²) in [5, 5.41) is 10.1. The minimum Gasteiger partial charge on any atom is -0.390 e. The molecule has 0 radical (unpaired) electrons. The third-order valence-electron chi connectivity index (χ3n) is 6.30. The van der Waals surface area contributed by atoms with Crippen molar-refractivity contribution in [2.75, 3.05) is 0 Å². The molecule has 242 valence electrons. The van der Waals surface area contributed by atoms with Crippen molar-refractivity contribution < 1.29 is 23.9 Å². The van der Waals surface area contributed by atoms with E-state index in [9.17, 15) is 14.4 Å². The fraction of sp³-hybridized carbons (Fsp3) is 0.576. The van der Waals surface area contributed by atoms with E-state index in [-0.39, 0.29) is 23.5 Å². The van der Waals surface area contributed by atoms with E-state index in [2.05, 4.69) is 44.3 Å². The molecule has 0 spiro atoms. The van der Waals surface area contributed by atoms with Gasteiger partial charge in [0, 0.05) is 19.2 Å². The van der Waals surface area contributed by atoms with E-state index >= 15 is 0 Å². The van der Waals surface area contributed by atoms with Crippen LogP contribution in [0, 0.1) is 26.2 Å². The number of ketones is 3. The SMILES string of the molecule is C=C(C)C(C)=CC.CC(=O)C1(C)OC1C.CC=C(C)C(C)=O.CC=O.CCC(C)=O.Cc1nn(C)c(C)c1C.N=CN. The zero-order valence-corrected chi connectivity index (χ0v) is 29.3. The zero-order valence-electron chi connectivity index (χ0n) is 29.3. The van der Waals surface area contributed by atoms with Gasteiger partial charge in [-0.05, 0) is 108 Å². The van der Waals surface area contributed by atoms with E-state index in [0.717, 1.165) is 29.5 Å². The number of Topliss-reactive ketones (excluding diaryl/α,β-unsaturated/α-hetero) is 3. The van der Waals surface area contributed by atoms with Crippen LogP contribution in [0.5, 0.6) is 0 Å². The third kappa shape index (κ3) is 26.7. The Balaban J connectivity index is -0.000000131. The fourth-order valence-electron chi connectivity index (χ4n) is 2.03. The number of epoxide rings is 1. The average Bonchev–Trinajstić information content (AvgIpc) is 3.49. The summed E-state index contributed by atoms with van der Waals surface area (Å²) in [6.45, 7) is 31.4. The second kappa shape index (κ2) is 27.7. The number of rotatable bonds is 4. The van der Waals surface area contributed by atoms with Crippen molar-refractivity contribution >= 4 is 30.0 Å². The number of hydrogen-bond acceptors (Lipinski definition) is 7. The van der Waals surface area contributed by atoms with Gasteiger partial charge >= 0.3 is 0 Å². The quantitative estimate of drug-likeness (QED) is 0.0963. The summed E-state index contributed by atoms with van der Waals surface area (Å²) in [6, 6.07) is 0. The number of ether oxygens (including phenoxy) is 1.